The van der Waals surface area contributed by atoms with Crippen molar-refractivity contribution in [3.05, 3.63) is 84.5 Å². The molecule has 0 amide bonds. The number of benzene rings is 2. The Morgan fingerprint density at radius 2 is 1.64 bits per heavy atom. The number of carbonyl (C=O) groups is 1. The van der Waals surface area contributed by atoms with E-state index in [2.05, 4.69) is 105 Å². The first-order valence-corrected chi connectivity index (χ1v) is 18.1. The van der Waals surface area contributed by atoms with Gasteiger partial charge >= 0.3 is 12.3 Å². The molecule has 53 heavy (non-hydrogen) atoms. The number of nitrogens with zero attached hydrogens (tertiary/aromatic N) is 1. The van der Waals surface area contributed by atoms with E-state index < -0.39 is 18.0 Å². The van der Waals surface area contributed by atoms with Crippen LogP contribution >= 0.6 is 0 Å². The second-order valence-electron chi connectivity index (χ2n) is 12.8. The molecule has 0 saturated heterocycles. The minimum absolute atomic E-state index is 0. The van der Waals surface area contributed by atoms with Crippen LogP contribution in [0.25, 0.3) is 0 Å². The third-order valence-corrected chi connectivity index (χ3v) is 8.55. The molecule has 10 heteroatoms. The number of anilines is 1. The normalized spacial score (nSPS) is 14.6. The summed E-state index contributed by atoms with van der Waals surface area (Å²) in [5.41, 5.74) is 11.7. The van der Waals surface area contributed by atoms with Crippen molar-refractivity contribution in [2.75, 3.05) is 12.5 Å². The molecule has 3 rings (SSSR count). The number of terminal acetylenes is 1. The summed E-state index contributed by atoms with van der Waals surface area (Å²) in [5.74, 6) is 4.25. The van der Waals surface area contributed by atoms with Gasteiger partial charge in [0.2, 0.25) is 0 Å². The van der Waals surface area contributed by atoms with Crippen molar-refractivity contribution in [1.29, 1.82) is 0 Å². The Balaban J connectivity index is 0. The molecule has 0 bridgehead atoms. The third-order valence-electron chi connectivity index (χ3n) is 8.55. The van der Waals surface area contributed by atoms with Crippen molar-refractivity contribution < 1.29 is 31.5 Å². The molecule has 5 nitrogen and oxygen atoms in total. The van der Waals surface area contributed by atoms with Crippen LogP contribution in [-0.4, -0.2) is 30.8 Å². The molecular formula is C43H64F5N3O2. The summed E-state index contributed by atoms with van der Waals surface area (Å²) in [6.45, 7) is 17.1. The van der Waals surface area contributed by atoms with Crippen LogP contribution < -0.4 is 15.9 Å². The molecule has 0 fully saturated rings. The van der Waals surface area contributed by atoms with E-state index in [0.29, 0.717) is 35.4 Å². The number of nitrogens with two attached hydrogens (primary N) is 1. The van der Waals surface area contributed by atoms with Crippen LogP contribution in [-0.2, 0) is 11.2 Å². The summed E-state index contributed by atoms with van der Waals surface area (Å²) in [7, 11) is 1.50. The SMILES string of the molecule is C.C#C/C(=N\Nc1ccc(OC(F)(F)C(F)(F)F)cc1)C1=CCC(CC)CC1.C=C.CCC[C@H](C)CCCC(=O)CCc1ccccc1C(C)C.CN. The zero-order valence-corrected chi connectivity index (χ0v) is 31.9. The zero-order valence-electron chi connectivity index (χ0n) is 31.9. The van der Waals surface area contributed by atoms with Gasteiger partial charge in [0.1, 0.15) is 17.2 Å². The highest BCUT2D eigenvalue weighted by atomic mass is 19.4. The Morgan fingerprint density at radius 3 is 2.15 bits per heavy atom. The van der Waals surface area contributed by atoms with Gasteiger partial charge in [0.25, 0.3) is 0 Å². The fraction of sp³-hybridized carbons (Fsp3) is 0.535. The van der Waals surface area contributed by atoms with Crippen LogP contribution in [0.1, 0.15) is 123 Å². The highest BCUT2D eigenvalue weighted by molar-refractivity contribution is 6.12. The van der Waals surface area contributed by atoms with Gasteiger partial charge in [0.15, 0.2) is 0 Å². The maximum atomic E-state index is 12.9. The molecule has 0 saturated carbocycles. The van der Waals surface area contributed by atoms with Crippen molar-refractivity contribution in [2.24, 2.45) is 22.7 Å². The van der Waals surface area contributed by atoms with Gasteiger partial charge in [-0.1, -0.05) is 98.1 Å². The Hall–Kier alpha value is -3.97. The van der Waals surface area contributed by atoms with E-state index in [4.69, 9.17) is 6.42 Å². The summed E-state index contributed by atoms with van der Waals surface area (Å²) in [6, 6.07) is 13.0. The minimum Gasteiger partial charge on any atom is -0.426 e. The Morgan fingerprint density at radius 1 is 1.02 bits per heavy atom. The van der Waals surface area contributed by atoms with Crippen molar-refractivity contribution in [2.45, 2.75) is 131 Å². The van der Waals surface area contributed by atoms with Gasteiger partial charge in [-0.25, -0.2) is 0 Å². The van der Waals surface area contributed by atoms with Gasteiger partial charge in [0.05, 0.1) is 5.69 Å². The van der Waals surface area contributed by atoms with E-state index in [0.717, 1.165) is 68.6 Å². The first kappa shape index (κ1) is 51.1. The molecule has 2 aromatic carbocycles. The second kappa shape index (κ2) is 27.6. The molecule has 0 radical (unpaired) electrons. The van der Waals surface area contributed by atoms with Gasteiger partial charge in [-0.2, -0.15) is 27.1 Å². The summed E-state index contributed by atoms with van der Waals surface area (Å²) in [5, 5.41) is 4.12. The average molecular weight is 750 g/mol. The van der Waals surface area contributed by atoms with Gasteiger partial charge < -0.3 is 10.5 Å². The highest BCUT2D eigenvalue weighted by Crippen LogP contribution is 2.37. The summed E-state index contributed by atoms with van der Waals surface area (Å²) < 4.78 is 65.9. The second-order valence-corrected chi connectivity index (χ2v) is 12.8. The molecular weight excluding hydrogens is 685 g/mol. The summed E-state index contributed by atoms with van der Waals surface area (Å²) in [4.78, 5) is 12.0. The lowest BCUT2D eigenvalue weighted by atomic mass is 9.86. The predicted molar refractivity (Wildman–Crippen MR) is 214 cm³/mol. The number of nitrogens with one attached hydrogen (secondary N) is 1. The van der Waals surface area contributed by atoms with E-state index in [-0.39, 0.29) is 7.43 Å². The number of ether oxygens (including phenoxy) is 1. The van der Waals surface area contributed by atoms with Crippen molar-refractivity contribution in [3.63, 3.8) is 0 Å². The first-order valence-electron chi connectivity index (χ1n) is 18.1. The van der Waals surface area contributed by atoms with Gasteiger partial charge in [0, 0.05) is 12.8 Å². The van der Waals surface area contributed by atoms with Gasteiger partial charge in [-0.05, 0) is 104 Å². The highest BCUT2D eigenvalue weighted by Gasteiger charge is 2.61. The zero-order chi connectivity index (χ0) is 39.7. The number of Topliss-reactive ketones (excluding diaryl/α,β-unsaturated/α-hetero) is 1. The quantitative estimate of drug-likeness (QED) is 0.0589. The van der Waals surface area contributed by atoms with Crippen molar-refractivity contribution >= 4 is 17.2 Å². The number of carbonyl (C=O) groups excluding carboxylic acids is 1. The van der Waals surface area contributed by atoms with Crippen LogP contribution in [0.5, 0.6) is 5.75 Å². The van der Waals surface area contributed by atoms with Crippen LogP contribution in [0, 0.1) is 24.2 Å². The monoisotopic (exact) mass is 749 g/mol. The molecule has 3 N–H and O–H groups in total. The van der Waals surface area contributed by atoms with E-state index in [1.807, 2.05) is 0 Å². The Bertz CT molecular complexity index is 1400. The molecule has 0 spiro atoms. The number of allylic oxidation sites excluding steroid dienone is 2. The smallest absolute Gasteiger partial charge is 0.426 e. The van der Waals surface area contributed by atoms with Crippen LogP contribution in [0.3, 0.4) is 0 Å². The fourth-order valence-corrected chi connectivity index (χ4v) is 5.60. The molecule has 2 aromatic rings. The van der Waals surface area contributed by atoms with E-state index in [1.54, 1.807) is 0 Å². The lowest BCUT2D eigenvalue weighted by molar-refractivity contribution is -0.360. The van der Waals surface area contributed by atoms with Gasteiger partial charge in [-0.15, -0.1) is 19.6 Å². The predicted octanol–water partition coefficient (Wildman–Crippen LogP) is 12.7. The molecule has 298 valence electrons. The van der Waals surface area contributed by atoms with E-state index in [1.165, 1.54) is 49.6 Å². The van der Waals surface area contributed by atoms with Crippen LogP contribution in [0.15, 0.2) is 78.4 Å². The largest absolute Gasteiger partial charge is 0.499 e. The number of halogens is 5. The number of hydrogen-bond acceptors (Lipinski definition) is 5. The number of rotatable bonds is 16. The first-order chi connectivity index (χ1) is 24.7. The van der Waals surface area contributed by atoms with E-state index >= 15 is 0 Å². The molecule has 0 aromatic heterocycles. The Kier molecular flexibility index (Phi) is 26.6. The number of ketones is 1. The number of aryl methyl sites for hydroxylation is 1. The number of hydrazone groups is 1. The Labute approximate surface area is 316 Å². The maximum Gasteiger partial charge on any atom is 0.499 e. The molecule has 1 unspecified atom stereocenters. The van der Waals surface area contributed by atoms with Crippen LogP contribution in [0.2, 0.25) is 0 Å². The number of alkyl halides is 5. The molecule has 0 heterocycles. The van der Waals surface area contributed by atoms with Gasteiger partial charge in [-0.3, -0.25) is 10.2 Å². The van der Waals surface area contributed by atoms with Crippen molar-refractivity contribution in [3.8, 4) is 18.1 Å². The summed E-state index contributed by atoms with van der Waals surface area (Å²) in [6.07, 6.45) is 7.56. The average Bonchev–Trinajstić information content (AvgIpc) is 3.13. The van der Waals surface area contributed by atoms with E-state index in [9.17, 15) is 26.7 Å². The molecule has 2 atom stereocenters. The third kappa shape index (κ3) is 19.6. The fourth-order valence-electron chi connectivity index (χ4n) is 5.60. The summed E-state index contributed by atoms with van der Waals surface area (Å²) >= 11 is 0. The maximum absolute atomic E-state index is 12.9. The topological polar surface area (TPSA) is 76.7 Å². The molecule has 1 aliphatic carbocycles. The van der Waals surface area contributed by atoms with Crippen LogP contribution in [0.4, 0.5) is 27.6 Å². The minimum atomic E-state index is -5.79. The lowest BCUT2D eigenvalue weighted by Gasteiger charge is -2.20. The standard InChI is InChI=1S/C20H32O.C19H19F5N2O.C2H4.CH5N.CH4/c1-5-9-17(4)10-8-12-19(21)15-14-18-11-6-7-13-20(18)16(2)3;1-3-13-5-7-14(8-6-13)17(4-2)26-25-15-9-11-16(12-10-15)27-19(23,24)18(20,21)22;2*1-2;/h6-7,11,13,16-17H,5,8-10,12,14-15H2,1-4H3;2,7,9-13,25H,3,5-6,8H2,1H3;1-2H2;2H2,1H3;1H4/b;26-17+;;;/t17-;;;;/m0..../s1. The molecule has 1 aliphatic rings. The lowest BCUT2D eigenvalue weighted by Crippen LogP contribution is -2.41. The molecule has 0 aliphatic heterocycles. The van der Waals surface area contributed by atoms with Crippen molar-refractivity contribution in [1.82, 2.24) is 0 Å². The number of hydrogen-bond donors (Lipinski definition) is 2.